The maximum Gasteiger partial charge on any atom is 0.416 e. The molecule has 0 aliphatic carbocycles. The predicted molar refractivity (Wildman–Crippen MR) is 80.0 cm³/mol. The molecule has 0 amide bonds. The lowest BCUT2D eigenvalue weighted by molar-refractivity contribution is -0.137. The van der Waals surface area contributed by atoms with Gasteiger partial charge >= 0.3 is 6.18 Å². The van der Waals surface area contributed by atoms with Crippen molar-refractivity contribution in [2.45, 2.75) is 12.7 Å². The van der Waals surface area contributed by atoms with Crippen LogP contribution in [0, 0.1) is 0 Å². The molecule has 0 spiro atoms. The van der Waals surface area contributed by atoms with Crippen LogP contribution in [0.2, 0.25) is 0 Å². The van der Waals surface area contributed by atoms with Crippen molar-refractivity contribution in [3.8, 4) is 5.75 Å². The van der Waals surface area contributed by atoms with Crippen molar-refractivity contribution in [3.05, 3.63) is 59.9 Å². The van der Waals surface area contributed by atoms with E-state index in [0.29, 0.717) is 5.52 Å². The van der Waals surface area contributed by atoms with Crippen molar-refractivity contribution < 1.29 is 18.3 Å². The van der Waals surface area contributed by atoms with E-state index < -0.39 is 11.7 Å². The molecule has 23 heavy (non-hydrogen) atoms. The van der Waals surface area contributed by atoms with Gasteiger partial charge in [0.1, 0.15) is 17.1 Å². The van der Waals surface area contributed by atoms with Crippen molar-refractivity contribution in [1.29, 1.82) is 0 Å². The Bertz CT molecular complexity index is 849. The molecule has 0 bridgehead atoms. The van der Waals surface area contributed by atoms with E-state index in [4.69, 9.17) is 0 Å². The van der Waals surface area contributed by atoms with Crippen LogP contribution < -0.4 is 5.32 Å². The zero-order chi connectivity index (χ0) is 16.4. The highest BCUT2D eigenvalue weighted by molar-refractivity contribution is 5.87. The largest absolute Gasteiger partial charge is 0.506 e. The van der Waals surface area contributed by atoms with E-state index in [-0.39, 0.29) is 18.1 Å². The molecule has 0 unspecified atom stereocenters. The second kappa shape index (κ2) is 5.75. The summed E-state index contributed by atoms with van der Waals surface area (Å²) in [6, 6.07) is 8.60. The van der Waals surface area contributed by atoms with Gasteiger partial charge in [0.2, 0.25) is 0 Å². The number of anilines is 1. The first-order valence-electron chi connectivity index (χ1n) is 6.78. The van der Waals surface area contributed by atoms with Crippen LogP contribution in [0.25, 0.3) is 10.9 Å². The third kappa shape index (κ3) is 3.18. The van der Waals surface area contributed by atoms with E-state index >= 15 is 0 Å². The quantitative estimate of drug-likeness (QED) is 0.767. The van der Waals surface area contributed by atoms with E-state index in [1.54, 1.807) is 24.4 Å². The molecule has 0 aliphatic heterocycles. The predicted octanol–water partition coefficient (Wildman–Crippen LogP) is 3.97. The molecule has 118 valence electrons. The van der Waals surface area contributed by atoms with Crippen LogP contribution in [0.15, 0.2) is 48.8 Å². The fraction of sp³-hybridized carbons (Fsp3) is 0.125. The van der Waals surface area contributed by atoms with E-state index in [1.807, 2.05) is 0 Å². The topological polar surface area (TPSA) is 58.0 Å². The molecule has 1 aromatic carbocycles. The number of benzene rings is 1. The summed E-state index contributed by atoms with van der Waals surface area (Å²) in [4.78, 5) is 7.99. The molecule has 0 saturated heterocycles. The molecular formula is C16H12F3N3O. The SMILES string of the molecule is Oc1ccc(CNc2cc(C(F)(F)F)ccn2)c2cccnc12. The Hall–Kier alpha value is -2.83. The van der Waals surface area contributed by atoms with E-state index in [0.717, 1.165) is 29.3 Å². The van der Waals surface area contributed by atoms with Gasteiger partial charge in [0.05, 0.1) is 5.56 Å². The number of pyridine rings is 2. The van der Waals surface area contributed by atoms with Crippen molar-refractivity contribution in [3.63, 3.8) is 0 Å². The van der Waals surface area contributed by atoms with Gasteiger partial charge in [-0.3, -0.25) is 4.98 Å². The van der Waals surface area contributed by atoms with E-state index in [1.165, 1.54) is 6.07 Å². The molecule has 4 nitrogen and oxygen atoms in total. The number of alkyl halides is 3. The lowest BCUT2D eigenvalue weighted by Gasteiger charge is -2.11. The summed E-state index contributed by atoms with van der Waals surface area (Å²) in [7, 11) is 0. The highest BCUT2D eigenvalue weighted by Crippen LogP contribution is 2.30. The number of halogens is 3. The minimum atomic E-state index is -4.41. The smallest absolute Gasteiger partial charge is 0.416 e. The number of aromatic hydroxyl groups is 1. The van der Waals surface area contributed by atoms with Gasteiger partial charge in [-0.25, -0.2) is 4.98 Å². The molecule has 0 radical (unpaired) electrons. The van der Waals surface area contributed by atoms with E-state index in [9.17, 15) is 18.3 Å². The molecule has 2 N–H and O–H groups in total. The summed E-state index contributed by atoms with van der Waals surface area (Å²) < 4.78 is 38.1. The van der Waals surface area contributed by atoms with Gasteiger partial charge in [-0.15, -0.1) is 0 Å². The van der Waals surface area contributed by atoms with Crippen LogP contribution in [0.1, 0.15) is 11.1 Å². The van der Waals surface area contributed by atoms with Crippen molar-refractivity contribution in [2.75, 3.05) is 5.32 Å². The number of hydrogen-bond acceptors (Lipinski definition) is 4. The third-order valence-electron chi connectivity index (χ3n) is 3.39. The lowest BCUT2D eigenvalue weighted by atomic mass is 10.1. The zero-order valence-electron chi connectivity index (χ0n) is 11.8. The van der Waals surface area contributed by atoms with Crippen LogP contribution in [-0.2, 0) is 12.7 Å². The van der Waals surface area contributed by atoms with Gasteiger partial charge in [0.25, 0.3) is 0 Å². The first-order chi connectivity index (χ1) is 10.9. The minimum Gasteiger partial charge on any atom is -0.506 e. The molecule has 0 atom stereocenters. The molecule has 2 aromatic heterocycles. The highest BCUT2D eigenvalue weighted by Gasteiger charge is 2.30. The number of nitrogens with one attached hydrogen (secondary N) is 1. The van der Waals surface area contributed by atoms with Crippen molar-refractivity contribution in [2.24, 2.45) is 0 Å². The molecule has 3 aromatic rings. The number of nitrogens with zero attached hydrogens (tertiary/aromatic N) is 2. The van der Waals surface area contributed by atoms with Gasteiger partial charge in [-0.2, -0.15) is 13.2 Å². The fourth-order valence-corrected chi connectivity index (χ4v) is 2.26. The summed E-state index contributed by atoms with van der Waals surface area (Å²) in [5, 5.41) is 13.4. The normalized spacial score (nSPS) is 11.6. The monoisotopic (exact) mass is 319 g/mol. The molecule has 2 heterocycles. The molecule has 0 fully saturated rings. The number of aromatic nitrogens is 2. The number of phenols is 1. The Morgan fingerprint density at radius 2 is 1.87 bits per heavy atom. The van der Waals surface area contributed by atoms with Gasteiger partial charge in [-0.1, -0.05) is 12.1 Å². The summed E-state index contributed by atoms with van der Waals surface area (Å²) in [6.45, 7) is 0.261. The fourth-order valence-electron chi connectivity index (χ4n) is 2.26. The van der Waals surface area contributed by atoms with Gasteiger partial charge < -0.3 is 10.4 Å². The minimum absolute atomic E-state index is 0.0570. The Kier molecular flexibility index (Phi) is 3.77. The average Bonchev–Trinajstić information content (AvgIpc) is 2.54. The Labute approximate surface area is 129 Å². The third-order valence-corrected chi connectivity index (χ3v) is 3.39. The Balaban J connectivity index is 1.86. The number of fused-ring (bicyclic) bond motifs is 1. The van der Waals surface area contributed by atoms with Gasteiger partial charge in [0, 0.05) is 24.3 Å². The first-order valence-corrected chi connectivity index (χ1v) is 6.78. The maximum absolute atomic E-state index is 12.7. The summed E-state index contributed by atoms with van der Waals surface area (Å²) in [6.07, 6.45) is -1.73. The van der Waals surface area contributed by atoms with E-state index in [2.05, 4.69) is 15.3 Å². The average molecular weight is 319 g/mol. The van der Waals surface area contributed by atoms with Crippen LogP contribution in [0.4, 0.5) is 19.0 Å². The molecule has 0 aliphatic rings. The summed E-state index contributed by atoms with van der Waals surface area (Å²) in [5.74, 6) is 0.187. The van der Waals surface area contributed by atoms with Gasteiger partial charge in [0.15, 0.2) is 0 Å². The molecular weight excluding hydrogens is 307 g/mol. The van der Waals surface area contributed by atoms with Crippen molar-refractivity contribution >= 4 is 16.7 Å². The molecule has 0 saturated carbocycles. The Morgan fingerprint density at radius 1 is 1.04 bits per heavy atom. The van der Waals surface area contributed by atoms with Crippen LogP contribution in [0.3, 0.4) is 0 Å². The zero-order valence-corrected chi connectivity index (χ0v) is 11.8. The van der Waals surface area contributed by atoms with Crippen LogP contribution >= 0.6 is 0 Å². The summed E-state index contributed by atoms with van der Waals surface area (Å²) in [5.41, 5.74) is 0.487. The molecule has 3 rings (SSSR count). The number of hydrogen-bond donors (Lipinski definition) is 2. The second-order valence-electron chi connectivity index (χ2n) is 4.92. The standard InChI is InChI=1S/C16H12F3N3O/c17-16(18,19)11-5-7-20-14(8-11)22-9-10-3-4-13(23)15-12(10)2-1-6-21-15/h1-8,23H,9H2,(H,20,22). The van der Waals surface area contributed by atoms with Crippen LogP contribution in [-0.4, -0.2) is 15.1 Å². The van der Waals surface area contributed by atoms with Crippen molar-refractivity contribution in [1.82, 2.24) is 9.97 Å². The second-order valence-corrected chi connectivity index (χ2v) is 4.92. The first kappa shape index (κ1) is 15.1. The maximum atomic E-state index is 12.7. The number of phenolic OH excluding ortho intramolecular Hbond substituents is 1. The highest BCUT2D eigenvalue weighted by atomic mass is 19.4. The van der Waals surface area contributed by atoms with Crippen LogP contribution in [0.5, 0.6) is 5.75 Å². The summed E-state index contributed by atoms with van der Waals surface area (Å²) >= 11 is 0. The lowest BCUT2D eigenvalue weighted by Crippen LogP contribution is -2.08. The number of rotatable bonds is 3. The van der Waals surface area contributed by atoms with Gasteiger partial charge in [-0.05, 0) is 29.8 Å². The molecule has 7 heteroatoms. The Morgan fingerprint density at radius 3 is 2.65 bits per heavy atom.